The number of nitrogens with zero attached hydrogens (tertiary/aromatic N) is 2. The number of alkyl halides is 3. The molecule has 0 spiro atoms. The van der Waals surface area contributed by atoms with Gasteiger partial charge in [0.2, 0.25) is 11.8 Å². The van der Waals surface area contributed by atoms with Gasteiger partial charge in [-0.05, 0) is 71.5 Å². The van der Waals surface area contributed by atoms with E-state index < -0.39 is 41.2 Å². The van der Waals surface area contributed by atoms with Crippen LogP contribution in [0, 0.1) is 11.6 Å². The first-order chi connectivity index (χ1) is 20.0. The van der Waals surface area contributed by atoms with Gasteiger partial charge in [-0.2, -0.15) is 13.2 Å². The molecule has 1 atom stereocenters. The van der Waals surface area contributed by atoms with E-state index in [1.165, 1.54) is 23.0 Å². The van der Waals surface area contributed by atoms with Crippen molar-refractivity contribution in [1.82, 2.24) is 14.9 Å². The van der Waals surface area contributed by atoms with E-state index in [9.17, 15) is 31.5 Å². The fourth-order valence-electron chi connectivity index (χ4n) is 4.85. The molecule has 0 aliphatic carbocycles. The quantitative estimate of drug-likeness (QED) is 0.215. The molecular formula is C31H23F5N4O2. The SMILES string of the molecule is NC(=O)c1cccc(-c2cccnc2[C@H](Cc2cc(F)cc(F)c2)NC(=O)Cn2ccc3ccc(C(F)(F)F)cc32)c1. The van der Waals surface area contributed by atoms with Crippen molar-refractivity contribution in [2.24, 2.45) is 5.73 Å². The summed E-state index contributed by atoms with van der Waals surface area (Å²) in [5.74, 6) is -2.82. The highest BCUT2D eigenvalue weighted by molar-refractivity contribution is 5.94. The molecule has 3 N–H and O–H groups in total. The summed E-state index contributed by atoms with van der Waals surface area (Å²) >= 11 is 0. The number of carbonyl (C=O) groups is 2. The van der Waals surface area contributed by atoms with Crippen molar-refractivity contribution in [3.8, 4) is 11.1 Å². The number of hydrogen-bond donors (Lipinski definition) is 2. The van der Waals surface area contributed by atoms with Gasteiger partial charge in [0.25, 0.3) is 0 Å². The van der Waals surface area contributed by atoms with Gasteiger partial charge in [0, 0.05) is 35.1 Å². The predicted octanol–water partition coefficient (Wildman–Crippen LogP) is 6.20. The van der Waals surface area contributed by atoms with E-state index in [-0.39, 0.29) is 29.6 Å². The van der Waals surface area contributed by atoms with Crippen molar-refractivity contribution in [1.29, 1.82) is 0 Å². The number of carbonyl (C=O) groups excluding carboxylic acids is 2. The standard InChI is InChI=1S/C31H23F5N4O2/c32-23-11-18(12-24(33)16-23)13-26(29-25(5-2-9-38-29)20-3-1-4-21(14-20)30(37)42)39-28(41)17-40-10-8-19-6-7-22(15-27(19)40)31(34,35)36/h1-12,14-16,26H,13,17H2,(H2,37,42)(H,39,41)/t26-/m0/s1. The van der Waals surface area contributed by atoms with Crippen LogP contribution in [-0.2, 0) is 23.9 Å². The summed E-state index contributed by atoms with van der Waals surface area (Å²) < 4.78 is 69.4. The third-order valence-corrected chi connectivity index (χ3v) is 6.74. The zero-order valence-electron chi connectivity index (χ0n) is 21.8. The second-order valence-electron chi connectivity index (χ2n) is 9.70. The molecule has 0 aliphatic rings. The van der Waals surface area contributed by atoms with Crippen molar-refractivity contribution >= 4 is 22.7 Å². The maximum atomic E-state index is 14.1. The Morgan fingerprint density at radius 1 is 0.929 bits per heavy atom. The van der Waals surface area contributed by atoms with E-state index >= 15 is 0 Å². The Morgan fingerprint density at radius 2 is 1.69 bits per heavy atom. The van der Waals surface area contributed by atoms with Crippen LogP contribution >= 0.6 is 0 Å². The van der Waals surface area contributed by atoms with Crippen LogP contribution in [0.1, 0.15) is 33.2 Å². The molecule has 2 amide bonds. The van der Waals surface area contributed by atoms with Crippen LogP contribution in [-0.4, -0.2) is 21.4 Å². The molecule has 0 aliphatic heterocycles. The second kappa shape index (κ2) is 11.4. The molecule has 0 fully saturated rings. The predicted molar refractivity (Wildman–Crippen MR) is 146 cm³/mol. The number of nitrogens with one attached hydrogen (secondary N) is 1. The zero-order chi connectivity index (χ0) is 30.0. The Kier molecular flexibility index (Phi) is 7.75. The van der Waals surface area contributed by atoms with Crippen LogP contribution in [0.3, 0.4) is 0 Å². The van der Waals surface area contributed by atoms with Crippen LogP contribution in [0.4, 0.5) is 22.0 Å². The average molecular weight is 579 g/mol. The molecule has 5 aromatic rings. The Balaban J connectivity index is 1.51. The third kappa shape index (κ3) is 6.30. The average Bonchev–Trinajstić information content (AvgIpc) is 3.33. The van der Waals surface area contributed by atoms with Crippen molar-refractivity contribution in [3.63, 3.8) is 0 Å². The van der Waals surface area contributed by atoms with Crippen molar-refractivity contribution < 1.29 is 31.5 Å². The van der Waals surface area contributed by atoms with Gasteiger partial charge in [0.05, 0.1) is 17.3 Å². The number of halogens is 5. The zero-order valence-corrected chi connectivity index (χ0v) is 21.8. The molecular weight excluding hydrogens is 555 g/mol. The molecule has 6 nitrogen and oxygen atoms in total. The highest BCUT2D eigenvalue weighted by Crippen LogP contribution is 2.32. The number of aromatic nitrogens is 2. The van der Waals surface area contributed by atoms with Crippen LogP contribution < -0.4 is 11.1 Å². The van der Waals surface area contributed by atoms with Gasteiger partial charge >= 0.3 is 6.18 Å². The van der Waals surface area contributed by atoms with Crippen molar-refractivity contribution in [3.05, 3.63) is 125 Å². The van der Waals surface area contributed by atoms with Gasteiger partial charge in [-0.3, -0.25) is 14.6 Å². The lowest BCUT2D eigenvalue weighted by atomic mass is 9.94. The first-order valence-corrected chi connectivity index (χ1v) is 12.7. The fourth-order valence-corrected chi connectivity index (χ4v) is 4.85. The van der Waals surface area contributed by atoms with E-state index in [2.05, 4.69) is 10.3 Å². The van der Waals surface area contributed by atoms with E-state index in [4.69, 9.17) is 5.73 Å². The lowest BCUT2D eigenvalue weighted by Crippen LogP contribution is -2.33. The lowest BCUT2D eigenvalue weighted by molar-refractivity contribution is -0.137. The van der Waals surface area contributed by atoms with Gasteiger partial charge in [-0.25, -0.2) is 8.78 Å². The molecule has 3 aromatic carbocycles. The number of pyridine rings is 1. The molecule has 2 aromatic heterocycles. The largest absolute Gasteiger partial charge is 0.416 e. The smallest absolute Gasteiger partial charge is 0.366 e. The molecule has 11 heteroatoms. The molecule has 2 heterocycles. The molecule has 214 valence electrons. The second-order valence-corrected chi connectivity index (χ2v) is 9.70. The molecule has 42 heavy (non-hydrogen) atoms. The van der Waals surface area contributed by atoms with Crippen LogP contribution in [0.15, 0.2) is 91.3 Å². The maximum Gasteiger partial charge on any atom is 0.416 e. The number of benzene rings is 3. The van der Waals surface area contributed by atoms with Crippen molar-refractivity contribution in [2.45, 2.75) is 25.2 Å². The summed E-state index contributed by atoms with van der Waals surface area (Å²) in [4.78, 5) is 29.6. The fraction of sp³-hybridized carbons (Fsp3) is 0.129. The Labute approximate surface area is 236 Å². The Morgan fingerprint density at radius 3 is 2.40 bits per heavy atom. The summed E-state index contributed by atoms with van der Waals surface area (Å²) in [6.45, 7) is -0.335. The summed E-state index contributed by atoms with van der Waals surface area (Å²) in [7, 11) is 0. The minimum atomic E-state index is -4.56. The first-order valence-electron chi connectivity index (χ1n) is 12.7. The summed E-state index contributed by atoms with van der Waals surface area (Å²) in [5, 5.41) is 3.35. The van der Waals surface area contributed by atoms with E-state index in [1.54, 1.807) is 42.5 Å². The topological polar surface area (TPSA) is 90.0 Å². The summed E-state index contributed by atoms with van der Waals surface area (Å²) in [6.07, 6.45) is -1.63. The minimum Gasteiger partial charge on any atom is -0.366 e. The molecule has 5 rings (SSSR count). The number of primary amides is 1. The Bertz CT molecular complexity index is 1780. The van der Waals surface area contributed by atoms with E-state index in [0.717, 1.165) is 30.3 Å². The Hall–Kier alpha value is -5.06. The maximum absolute atomic E-state index is 14.1. The summed E-state index contributed by atoms with van der Waals surface area (Å²) in [5.41, 5.74) is 6.73. The highest BCUT2D eigenvalue weighted by Gasteiger charge is 2.31. The van der Waals surface area contributed by atoms with Gasteiger partial charge < -0.3 is 15.6 Å². The van der Waals surface area contributed by atoms with Gasteiger partial charge in [0.1, 0.15) is 18.2 Å². The third-order valence-electron chi connectivity index (χ3n) is 6.74. The first kappa shape index (κ1) is 28.5. The summed E-state index contributed by atoms with van der Waals surface area (Å²) in [6, 6.07) is 16.8. The van der Waals surface area contributed by atoms with Gasteiger partial charge in [0.15, 0.2) is 0 Å². The van der Waals surface area contributed by atoms with Crippen LogP contribution in [0.25, 0.3) is 22.0 Å². The molecule has 0 saturated carbocycles. The number of nitrogens with two attached hydrogens (primary N) is 1. The number of rotatable bonds is 8. The molecule has 0 unspecified atom stereocenters. The minimum absolute atomic E-state index is 0.0649. The van der Waals surface area contributed by atoms with Crippen LogP contribution in [0.2, 0.25) is 0 Å². The van der Waals surface area contributed by atoms with E-state index in [0.29, 0.717) is 22.2 Å². The molecule has 0 radical (unpaired) electrons. The highest BCUT2D eigenvalue weighted by atomic mass is 19.4. The van der Waals surface area contributed by atoms with Crippen LogP contribution in [0.5, 0.6) is 0 Å². The number of amides is 2. The lowest BCUT2D eigenvalue weighted by Gasteiger charge is -2.22. The van der Waals surface area contributed by atoms with E-state index in [1.807, 2.05) is 0 Å². The van der Waals surface area contributed by atoms with Gasteiger partial charge in [-0.1, -0.05) is 24.3 Å². The van der Waals surface area contributed by atoms with Gasteiger partial charge in [-0.15, -0.1) is 0 Å². The van der Waals surface area contributed by atoms with Crippen molar-refractivity contribution in [2.75, 3.05) is 0 Å². The normalized spacial score (nSPS) is 12.3. The number of fused-ring (bicyclic) bond motifs is 1. The monoisotopic (exact) mass is 578 g/mol. The number of hydrogen-bond acceptors (Lipinski definition) is 3. The molecule has 0 saturated heterocycles. The molecule has 0 bridgehead atoms.